The number of rotatable bonds is 7. The van der Waals surface area contributed by atoms with Crippen molar-refractivity contribution in [3.8, 4) is 5.69 Å². The molecule has 2 aromatic rings. The van der Waals surface area contributed by atoms with Gasteiger partial charge in [0.05, 0.1) is 5.69 Å². The van der Waals surface area contributed by atoms with Crippen molar-refractivity contribution in [1.82, 2.24) is 25.5 Å². The van der Waals surface area contributed by atoms with Gasteiger partial charge in [-0.2, -0.15) is 4.68 Å². The monoisotopic (exact) mass is 271 g/mol. The van der Waals surface area contributed by atoms with Gasteiger partial charge in [0.2, 0.25) is 0 Å². The molecule has 1 N–H and O–H groups in total. The highest BCUT2D eigenvalue weighted by molar-refractivity contribution is 5.30. The number of tetrazole rings is 1. The summed E-state index contributed by atoms with van der Waals surface area (Å²) >= 11 is 0. The first kappa shape index (κ1) is 13.2. The zero-order valence-electron chi connectivity index (χ0n) is 11.9. The van der Waals surface area contributed by atoms with E-state index in [-0.39, 0.29) is 0 Å². The van der Waals surface area contributed by atoms with Gasteiger partial charge < -0.3 is 5.32 Å². The molecule has 1 aliphatic carbocycles. The van der Waals surface area contributed by atoms with E-state index in [2.05, 4.69) is 27.8 Å². The number of nitrogens with zero attached hydrogens (tertiary/aromatic N) is 4. The molecule has 1 saturated carbocycles. The number of benzene rings is 1. The Kier molecular flexibility index (Phi) is 4.06. The van der Waals surface area contributed by atoms with Crippen LogP contribution in [0.15, 0.2) is 30.3 Å². The summed E-state index contributed by atoms with van der Waals surface area (Å²) in [5, 5.41) is 15.8. The van der Waals surface area contributed by atoms with Gasteiger partial charge in [0.15, 0.2) is 5.82 Å². The summed E-state index contributed by atoms with van der Waals surface area (Å²) < 4.78 is 1.85. The Morgan fingerprint density at radius 1 is 1.30 bits per heavy atom. The van der Waals surface area contributed by atoms with Crippen molar-refractivity contribution in [2.45, 2.75) is 38.6 Å². The van der Waals surface area contributed by atoms with Gasteiger partial charge in [0.25, 0.3) is 0 Å². The minimum atomic E-state index is 0.503. The third-order valence-corrected chi connectivity index (χ3v) is 3.78. The summed E-state index contributed by atoms with van der Waals surface area (Å²) in [4.78, 5) is 0. The summed E-state index contributed by atoms with van der Waals surface area (Å²) in [6, 6.07) is 10.6. The lowest BCUT2D eigenvalue weighted by atomic mass is 10.1. The second-order valence-electron chi connectivity index (χ2n) is 5.44. The quantitative estimate of drug-likeness (QED) is 0.836. The van der Waals surface area contributed by atoms with Gasteiger partial charge in [0.1, 0.15) is 0 Å². The smallest absolute Gasteiger partial charge is 0.158 e. The molecule has 3 rings (SSSR count). The van der Waals surface area contributed by atoms with Crippen LogP contribution in [0.2, 0.25) is 0 Å². The van der Waals surface area contributed by atoms with E-state index in [9.17, 15) is 0 Å². The van der Waals surface area contributed by atoms with Crippen molar-refractivity contribution >= 4 is 0 Å². The Labute approximate surface area is 119 Å². The van der Waals surface area contributed by atoms with Crippen LogP contribution >= 0.6 is 0 Å². The molecule has 1 unspecified atom stereocenters. The summed E-state index contributed by atoms with van der Waals surface area (Å²) in [6.45, 7) is 3.26. The van der Waals surface area contributed by atoms with Crippen LogP contribution in [0.3, 0.4) is 0 Å². The lowest BCUT2D eigenvalue weighted by molar-refractivity contribution is 0.448. The van der Waals surface area contributed by atoms with Crippen LogP contribution in [0.5, 0.6) is 0 Å². The SMILES string of the molecule is CCCNC(Cc1nnnn1-c1ccccc1)C1CC1. The van der Waals surface area contributed by atoms with Crippen LogP contribution in [0.1, 0.15) is 32.0 Å². The minimum absolute atomic E-state index is 0.503. The topological polar surface area (TPSA) is 55.6 Å². The number of hydrogen-bond acceptors (Lipinski definition) is 4. The van der Waals surface area contributed by atoms with Gasteiger partial charge in [-0.25, -0.2) is 0 Å². The van der Waals surface area contributed by atoms with Crippen LogP contribution in [0.4, 0.5) is 0 Å². The fourth-order valence-electron chi connectivity index (χ4n) is 2.53. The minimum Gasteiger partial charge on any atom is -0.313 e. The van der Waals surface area contributed by atoms with Crippen molar-refractivity contribution in [3.63, 3.8) is 0 Å². The summed E-state index contributed by atoms with van der Waals surface area (Å²) in [6.07, 6.45) is 4.71. The zero-order valence-corrected chi connectivity index (χ0v) is 11.9. The van der Waals surface area contributed by atoms with Crippen LogP contribution in [0, 0.1) is 5.92 Å². The van der Waals surface area contributed by atoms with E-state index in [0.717, 1.165) is 36.8 Å². The number of nitrogens with one attached hydrogen (secondary N) is 1. The average molecular weight is 271 g/mol. The van der Waals surface area contributed by atoms with E-state index in [0.29, 0.717) is 6.04 Å². The van der Waals surface area contributed by atoms with Crippen LogP contribution in [-0.2, 0) is 6.42 Å². The van der Waals surface area contributed by atoms with Gasteiger partial charge >= 0.3 is 0 Å². The molecule has 5 nitrogen and oxygen atoms in total. The molecule has 1 atom stereocenters. The van der Waals surface area contributed by atoms with E-state index in [1.54, 1.807) is 0 Å². The molecule has 0 saturated heterocycles. The Balaban J connectivity index is 1.75. The molecule has 0 amide bonds. The van der Waals surface area contributed by atoms with E-state index in [1.807, 2.05) is 35.0 Å². The van der Waals surface area contributed by atoms with Gasteiger partial charge in [0, 0.05) is 12.5 Å². The second-order valence-corrected chi connectivity index (χ2v) is 5.44. The molecule has 5 heteroatoms. The average Bonchev–Trinajstić information content (AvgIpc) is 3.23. The van der Waals surface area contributed by atoms with Crippen molar-refractivity contribution in [2.24, 2.45) is 5.92 Å². The number of aromatic nitrogens is 4. The Bertz CT molecular complexity index is 532. The number of hydrogen-bond donors (Lipinski definition) is 1. The van der Waals surface area contributed by atoms with Gasteiger partial charge in [-0.1, -0.05) is 25.1 Å². The molecular formula is C15H21N5. The zero-order chi connectivity index (χ0) is 13.8. The van der Waals surface area contributed by atoms with E-state index < -0.39 is 0 Å². The second kappa shape index (κ2) is 6.13. The first-order valence-corrected chi connectivity index (χ1v) is 7.44. The molecule has 20 heavy (non-hydrogen) atoms. The Hall–Kier alpha value is -1.75. The highest BCUT2D eigenvalue weighted by atomic mass is 15.5. The van der Waals surface area contributed by atoms with E-state index in [4.69, 9.17) is 0 Å². The molecular weight excluding hydrogens is 250 g/mol. The van der Waals surface area contributed by atoms with Crippen molar-refractivity contribution < 1.29 is 0 Å². The van der Waals surface area contributed by atoms with Gasteiger partial charge in [-0.3, -0.25) is 0 Å². The maximum Gasteiger partial charge on any atom is 0.158 e. The molecule has 0 aliphatic heterocycles. The predicted octanol–water partition coefficient (Wildman–Crippen LogP) is 1.98. The highest BCUT2D eigenvalue weighted by Crippen LogP contribution is 2.34. The van der Waals surface area contributed by atoms with Crippen LogP contribution in [0.25, 0.3) is 5.69 Å². The fraction of sp³-hybridized carbons (Fsp3) is 0.533. The molecule has 1 fully saturated rings. The maximum absolute atomic E-state index is 4.21. The highest BCUT2D eigenvalue weighted by Gasteiger charge is 2.32. The first-order chi connectivity index (χ1) is 9.88. The van der Waals surface area contributed by atoms with Gasteiger partial charge in [-0.15, -0.1) is 5.10 Å². The molecule has 1 heterocycles. The number of para-hydroxylation sites is 1. The molecule has 1 aromatic heterocycles. The standard InChI is InChI=1S/C15H21N5/c1-2-10-16-14(12-8-9-12)11-15-17-18-19-20(15)13-6-4-3-5-7-13/h3-7,12,14,16H,2,8-11H2,1H3. The molecule has 0 bridgehead atoms. The van der Waals surface area contributed by atoms with Gasteiger partial charge in [-0.05, 0) is 54.3 Å². The third kappa shape index (κ3) is 3.04. The molecule has 1 aliphatic rings. The molecule has 106 valence electrons. The van der Waals surface area contributed by atoms with E-state index in [1.165, 1.54) is 12.8 Å². The normalized spacial score (nSPS) is 16.2. The Morgan fingerprint density at radius 3 is 2.80 bits per heavy atom. The predicted molar refractivity (Wildman–Crippen MR) is 77.7 cm³/mol. The van der Waals surface area contributed by atoms with Crippen LogP contribution in [-0.4, -0.2) is 32.8 Å². The van der Waals surface area contributed by atoms with E-state index >= 15 is 0 Å². The third-order valence-electron chi connectivity index (χ3n) is 3.78. The molecule has 0 spiro atoms. The lowest BCUT2D eigenvalue weighted by Crippen LogP contribution is -2.34. The van der Waals surface area contributed by atoms with Crippen molar-refractivity contribution in [2.75, 3.05) is 6.54 Å². The summed E-state index contributed by atoms with van der Waals surface area (Å²) in [5.74, 6) is 1.74. The van der Waals surface area contributed by atoms with Crippen molar-refractivity contribution in [1.29, 1.82) is 0 Å². The molecule has 1 aromatic carbocycles. The summed E-state index contributed by atoms with van der Waals surface area (Å²) in [7, 11) is 0. The van der Waals surface area contributed by atoms with Crippen molar-refractivity contribution in [3.05, 3.63) is 36.2 Å². The maximum atomic E-state index is 4.21. The fourth-order valence-corrected chi connectivity index (χ4v) is 2.53. The summed E-state index contributed by atoms with van der Waals surface area (Å²) in [5.41, 5.74) is 1.03. The van der Waals surface area contributed by atoms with Crippen LogP contribution < -0.4 is 5.32 Å². The first-order valence-electron chi connectivity index (χ1n) is 7.44. The molecule has 0 radical (unpaired) electrons. The largest absolute Gasteiger partial charge is 0.313 e. The lowest BCUT2D eigenvalue weighted by Gasteiger charge is -2.17. The Morgan fingerprint density at radius 2 is 2.10 bits per heavy atom.